The summed E-state index contributed by atoms with van der Waals surface area (Å²) in [4.78, 5) is 0. The Kier molecular flexibility index (Phi) is 2.08. The van der Waals surface area contributed by atoms with Crippen molar-refractivity contribution in [2.45, 2.75) is 27.7 Å². The van der Waals surface area contributed by atoms with E-state index in [1.54, 1.807) is 6.08 Å². The van der Waals surface area contributed by atoms with Gasteiger partial charge in [0.05, 0.1) is 5.83 Å². The van der Waals surface area contributed by atoms with Gasteiger partial charge < -0.3 is 0 Å². The van der Waals surface area contributed by atoms with Crippen LogP contribution in [0, 0.1) is 23.7 Å². The topological polar surface area (TPSA) is 0 Å². The van der Waals surface area contributed by atoms with Crippen LogP contribution in [0.3, 0.4) is 0 Å². The zero-order valence-electron chi connectivity index (χ0n) is 7.69. The van der Waals surface area contributed by atoms with E-state index in [0.29, 0.717) is 5.92 Å². The standard InChI is InChI=1S/C10H16F/c1-7(2)9(11)5-8-6-10(8,3)4/h5-8H,1-4H3/b9-5-. The van der Waals surface area contributed by atoms with Crippen molar-refractivity contribution in [2.24, 2.45) is 17.3 Å². The van der Waals surface area contributed by atoms with Crippen molar-refractivity contribution < 1.29 is 4.39 Å². The van der Waals surface area contributed by atoms with Crippen molar-refractivity contribution >= 4 is 0 Å². The minimum Gasteiger partial charge on any atom is -0.212 e. The smallest absolute Gasteiger partial charge is 0.0988 e. The van der Waals surface area contributed by atoms with Crippen LogP contribution in [0.1, 0.15) is 27.7 Å². The first-order chi connectivity index (χ1) is 4.93. The first-order valence-electron chi connectivity index (χ1n) is 4.17. The van der Waals surface area contributed by atoms with E-state index < -0.39 is 0 Å². The zero-order chi connectivity index (χ0) is 8.65. The summed E-state index contributed by atoms with van der Waals surface area (Å²) in [5.41, 5.74) is 0.242. The van der Waals surface area contributed by atoms with E-state index in [4.69, 9.17) is 0 Å². The summed E-state index contributed by atoms with van der Waals surface area (Å²) in [6.45, 7) is 8.01. The van der Waals surface area contributed by atoms with Gasteiger partial charge in [-0.1, -0.05) is 27.7 Å². The van der Waals surface area contributed by atoms with Crippen molar-refractivity contribution in [1.82, 2.24) is 0 Å². The van der Waals surface area contributed by atoms with Gasteiger partial charge in [0.25, 0.3) is 0 Å². The van der Waals surface area contributed by atoms with Gasteiger partial charge in [0.1, 0.15) is 0 Å². The zero-order valence-corrected chi connectivity index (χ0v) is 7.69. The molecule has 0 N–H and O–H groups in total. The molecule has 1 radical (unpaired) electrons. The maximum absolute atomic E-state index is 13.0. The van der Waals surface area contributed by atoms with Crippen molar-refractivity contribution in [1.29, 1.82) is 0 Å². The summed E-state index contributed by atoms with van der Waals surface area (Å²) in [6.07, 6.45) is 3.90. The van der Waals surface area contributed by atoms with Gasteiger partial charge in [0, 0.05) is 5.92 Å². The van der Waals surface area contributed by atoms with Gasteiger partial charge in [0.15, 0.2) is 0 Å². The molecule has 1 atom stereocenters. The normalized spacial score (nSPS) is 29.3. The average molecular weight is 155 g/mol. The van der Waals surface area contributed by atoms with E-state index >= 15 is 0 Å². The second-order valence-corrected chi connectivity index (χ2v) is 4.22. The highest BCUT2D eigenvalue weighted by molar-refractivity contribution is 5.23. The lowest BCUT2D eigenvalue weighted by molar-refractivity contribution is 0.505. The predicted molar refractivity (Wildman–Crippen MR) is 45.6 cm³/mol. The van der Waals surface area contributed by atoms with Crippen molar-refractivity contribution in [3.8, 4) is 0 Å². The predicted octanol–water partition coefficient (Wildman–Crippen LogP) is 3.36. The molecule has 0 saturated heterocycles. The van der Waals surface area contributed by atoms with E-state index in [2.05, 4.69) is 20.3 Å². The molecule has 0 nitrogen and oxygen atoms in total. The molecule has 0 aromatic carbocycles. The molecule has 63 valence electrons. The Morgan fingerprint density at radius 1 is 1.55 bits per heavy atom. The first kappa shape index (κ1) is 8.76. The molecular formula is C10H16F. The number of hydrogen-bond donors (Lipinski definition) is 0. The maximum atomic E-state index is 13.0. The molecule has 0 amide bonds. The van der Waals surface area contributed by atoms with E-state index in [1.807, 2.05) is 13.8 Å². The second-order valence-electron chi connectivity index (χ2n) is 4.22. The van der Waals surface area contributed by atoms with Crippen LogP contribution in [-0.4, -0.2) is 0 Å². The van der Waals surface area contributed by atoms with Crippen LogP contribution >= 0.6 is 0 Å². The van der Waals surface area contributed by atoms with Gasteiger partial charge in [-0.2, -0.15) is 0 Å². The van der Waals surface area contributed by atoms with Gasteiger partial charge >= 0.3 is 0 Å². The van der Waals surface area contributed by atoms with E-state index in [0.717, 1.165) is 0 Å². The molecule has 11 heavy (non-hydrogen) atoms. The van der Waals surface area contributed by atoms with Crippen LogP contribution in [0.4, 0.5) is 4.39 Å². The van der Waals surface area contributed by atoms with Gasteiger partial charge in [0.2, 0.25) is 0 Å². The summed E-state index contributed by atoms with van der Waals surface area (Å²) in [5, 5.41) is 0. The summed E-state index contributed by atoms with van der Waals surface area (Å²) in [5.74, 6) is 0.432. The molecule has 0 spiro atoms. The van der Waals surface area contributed by atoms with Crippen molar-refractivity contribution in [2.75, 3.05) is 0 Å². The Morgan fingerprint density at radius 3 is 2.27 bits per heavy atom. The van der Waals surface area contributed by atoms with Gasteiger partial charge in [-0.25, -0.2) is 4.39 Å². The molecule has 0 aliphatic heterocycles. The highest BCUT2D eigenvalue weighted by Crippen LogP contribution is 2.51. The van der Waals surface area contributed by atoms with Gasteiger partial charge in [-0.05, 0) is 23.8 Å². The van der Waals surface area contributed by atoms with Crippen LogP contribution in [0.25, 0.3) is 0 Å². The third-order valence-electron chi connectivity index (χ3n) is 2.25. The van der Waals surface area contributed by atoms with E-state index in [1.165, 1.54) is 0 Å². The second kappa shape index (κ2) is 2.62. The fourth-order valence-electron chi connectivity index (χ4n) is 1.04. The molecule has 1 heteroatoms. The number of rotatable bonds is 2. The number of allylic oxidation sites excluding steroid dienone is 2. The Bertz CT molecular complexity index is 177. The fourth-order valence-corrected chi connectivity index (χ4v) is 1.04. The van der Waals surface area contributed by atoms with Crippen LogP contribution in [-0.2, 0) is 0 Å². The summed E-state index contributed by atoms with van der Waals surface area (Å²) in [7, 11) is 0. The van der Waals surface area contributed by atoms with Crippen LogP contribution in [0.5, 0.6) is 0 Å². The monoisotopic (exact) mass is 155 g/mol. The lowest BCUT2D eigenvalue weighted by atomic mass is 10.1. The molecule has 0 aromatic rings. The Balaban J connectivity index is 2.49. The van der Waals surface area contributed by atoms with Crippen LogP contribution in [0.2, 0.25) is 0 Å². The molecule has 1 rings (SSSR count). The minimum absolute atomic E-state index is 0.0248. The van der Waals surface area contributed by atoms with Crippen LogP contribution < -0.4 is 0 Å². The molecular weight excluding hydrogens is 139 g/mol. The highest BCUT2D eigenvalue weighted by atomic mass is 19.1. The highest BCUT2D eigenvalue weighted by Gasteiger charge is 2.44. The van der Waals surface area contributed by atoms with Gasteiger partial charge in [-0.15, -0.1) is 0 Å². The first-order valence-corrected chi connectivity index (χ1v) is 4.17. The molecule has 1 unspecified atom stereocenters. The molecule has 1 saturated carbocycles. The van der Waals surface area contributed by atoms with Gasteiger partial charge in [-0.3, -0.25) is 0 Å². The molecule has 0 heterocycles. The molecule has 0 aromatic heterocycles. The quantitative estimate of drug-likeness (QED) is 0.573. The lowest BCUT2D eigenvalue weighted by Crippen LogP contribution is -1.91. The third-order valence-corrected chi connectivity index (χ3v) is 2.25. The molecule has 1 aliphatic carbocycles. The Hall–Kier alpha value is -0.330. The minimum atomic E-state index is 0.0248. The summed E-state index contributed by atoms with van der Waals surface area (Å²) < 4.78 is 13.0. The van der Waals surface area contributed by atoms with E-state index in [9.17, 15) is 4.39 Å². The molecule has 1 aliphatic rings. The molecule has 0 bridgehead atoms. The number of halogens is 1. The van der Waals surface area contributed by atoms with Crippen LogP contribution in [0.15, 0.2) is 11.9 Å². The maximum Gasteiger partial charge on any atom is 0.0988 e. The fraction of sp³-hybridized carbons (Fsp3) is 0.700. The molecule has 1 fully saturated rings. The van der Waals surface area contributed by atoms with Crippen molar-refractivity contribution in [3.05, 3.63) is 18.3 Å². The largest absolute Gasteiger partial charge is 0.212 e. The van der Waals surface area contributed by atoms with E-state index in [-0.39, 0.29) is 17.2 Å². The third kappa shape index (κ3) is 2.05. The van der Waals surface area contributed by atoms with Crippen molar-refractivity contribution in [3.63, 3.8) is 0 Å². The Labute approximate surface area is 68.5 Å². The summed E-state index contributed by atoms with van der Waals surface area (Å²) >= 11 is 0. The summed E-state index contributed by atoms with van der Waals surface area (Å²) in [6, 6.07) is 0. The number of hydrogen-bond acceptors (Lipinski definition) is 0. The Morgan fingerprint density at radius 2 is 2.00 bits per heavy atom. The average Bonchev–Trinajstić information content (AvgIpc) is 2.39. The lowest BCUT2D eigenvalue weighted by Gasteiger charge is -2.01. The SMILES string of the molecule is CC(C)/C(F)=C/C1[CH]C1(C)C.